The topological polar surface area (TPSA) is 32.3 Å². The van der Waals surface area contributed by atoms with Gasteiger partial charge in [0.05, 0.1) is 11.7 Å². The van der Waals surface area contributed by atoms with Gasteiger partial charge in [0.1, 0.15) is 0 Å². The first-order valence-corrected chi connectivity index (χ1v) is 6.58. The van der Waals surface area contributed by atoms with E-state index in [0.29, 0.717) is 17.9 Å². The fourth-order valence-electron chi connectivity index (χ4n) is 3.15. The van der Waals surface area contributed by atoms with E-state index in [1.165, 1.54) is 12.8 Å². The Bertz CT molecular complexity index is 282. The van der Waals surface area contributed by atoms with Crippen LogP contribution < -0.4 is 5.32 Å². The SMILES string of the molecule is CC(C)C(C)N1C(=O)C2(CCCC2)NC1C. The highest BCUT2D eigenvalue weighted by Crippen LogP contribution is 2.37. The monoisotopic (exact) mass is 224 g/mol. The molecule has 0 radical (unpaired) electrons. The summed E-state index contributed by atoms with van der Waals surface area (Å²) in [5, 5.41) is 3.54. The Balaban J connectivity index is 2.19. The first kappa shape index (κ1) is 11.9. The normalized spacial score (nSPS) is 30.7. The van der Waals surface area contributed by atoms with Crippen molar-refractivity contribution < 1.29 is 4.79 Å². The van der Waals surface area contributed by atoms with Crippen LogP contribution in [-0.4, -0.2) is 28.6 Å². The molecule has 1 amide bonds. The maximum Gasteiger partial charge on any atom is 0.244 e. The third-order valence-corrected chi connectivity index (χ3v) is 4.41. The van der Waals surface area contributed by atoms with Crippen LogP contribution in [0.3, 0.4) is 0 Å². The molecule has 2 fully saturated rings. The molecule has 92 valence electrons. The highest BCUT2D eigenvalue weighted by Gasteiger charge is 2.52. The summed E-state index contributed by atoms with van der Waals surface area (Å²) >= 11 is 0. The van der Waals surface area contributed by atoms with Crippen molar-refractivity contribution in [3.63, 3.8) is 0 Å². The Morgan fingerprint density at radius 2 is 1.88 bits per heavy atom. The van der Waals surface area contributed by atoms with E-state index in [1.807, 2.05) is 0 Å². The van der Waals surface area contributed by atoms with Crippen molar-refractivity contribution >= 4 is 5.91 Å². The minimum atomic E-state index is -0.206. The molecule has 1 saturated carbocycles. The molecule has 0 bridgehead atoms. The highest BCUT2D eigenvalue weighted by molar-refractivity contribution is 5.89. The molecule has 2 aliphatic rings. The quantitative estimate of drug-likeness (QED) is 0.779. The summed E-state index contributed by atoms with van der Waals surface area (Å²) in [4.78, 5) is 14.6. The lowest BCUT2D eigenvalue weighted by molar-refractivity contribution is -0.135. The smallest absolute Gasteiger partial charge is 0.244 e. The van der Waals surface area contributed by atoms with E-state index in [-0.39, 0.29) is 11.7 Å². The summed E-state index contributed by atoms with van der Waals surface area (Å²) in [6, 6.07) is 0.329. The first-order chi connectivity index (χ1) is 7.48. The van der Waals surface area contributed by atoms with Crippen LogP contribution in [0.15, 0.2) is 0 Å². The van der Waals surface area contributed by atoms with Crippen molar-refractivity contribution in [1.82, 2.24) is 10.2 Å². The summed E-state index contributed by atoms with van der Waals surface area (Å²) in [5.41, 5.74) is -0.206. The van der Waals surface area contributed by atoms with Gasteiger partial charge in [-0.25, -0.2) is 0 Å². The summed E-state index contributed by atoms with van der Waals surface area (Å²) < 4.78 is 0. The second kappa shape index (κ2) is 4.02. The zero-order valence-electron chi connectivity index (χ0n) is 10.9. The third-order valence-electron chi connectivity index (χ3n) is 4.41. The van der Waals surface area contributed by atoms with Gasteiger partial charge in [0, 0.05) is 6.04 Å². The zero-order valence-corrected chi connectivity index (χ0v) is 10.9. The molecule has 1 spiro atoms. The summed E-state index contributed by atoms with van der Waals surface area (Å²) in [5.74, 6) is 0.864. The van der Waals surface area contributed by atoms with E-state index in [1.54, 1.807) is 0 Å². The van der Waals surface area contributed by atoms with E-state index in [0.717, 1.165) is 12.8 Å². The molecular formula is C13H24N2O. The Hall–Kier alpha value is -0.570. The molecular weight excluding hydrogens is 200 g/mol. The molecule has 1 aliphatic carbocycles. The number of hydrogen-bond donors (Lipinski definition) is 1. The van der Waals surface area contributed by atoms with E-state index in [4.69, 9.17) is 0 Å². The Morgan fingerprint density at radius 1 is 1.31 bits per heavy atom. The number of nitrogens with zero attached hydrogens (tertiary/aromatic N) is 1. The first-order valence-electron chi connectivity index (χ1n) is 6.58. The molecule has 1 aliphatic heterocycles. The van der Waals surface area contributed by atoms with Crippen molar-refractivity contribution in [2.75, 3.05) is 0 Å². The van der Waals surface area contributed by atoms with Crippen LogP contribution in [0.5, 0.6) is 0 Å². The van der Waals surface area contributed by atoms with Crippen molar-refractivity contribution in [2.24, 2.45) is 5.92 Å². The van der Waals surface area contributed by atoms with Crippen molar-refractivity contribution in [3.8, 4) is 0 Å². The predicted molar refractivity (Wildman–Crippen MR) is 64.9 cm³/mol. The van der Waals surface area contributed by atoms with Gasteiger partial charge in [-0.2, -0.15) is 0 Å². The fraction of sp³-hybridized carbons (Fsp3) is 0.923. The number of carbonyl (C=O) groups is 1. The van der Waals surface area contributed by atoms with E-state index in [2.05, 4.69) is 37.9 Å². The van der Waals surface area contributed by atoms with Crippen molar-refractivity contribution in [1.29, 1.82) is 0 Å². The standard InChI is InChI=1S/C13H24N2O/c1-9(2)10(3)15-11(4)14-13(12(15)16)7-5-6-8-13/h9-11,14H,5-8H2,1-4H3. The van der Waals surface area contributed by atoms with Gasteiger partial charge >= 0.3 is 0 Å². The Labute approximate surface area is 98.6 Å². The lowest BCUT2D eigenvalue weighted by Crippen LogP contribution is -2.46. The minimum absolute atomic E-state index is 0.197. The minimum Gasteiger partial charge on any atom is -0.323 e. The van der Waals surface area contributed by atoms with Gasteiger partial charge in [-0.3, -0.25) is 10.1 Å². The van der Waals surface area contributed by atoms with Crippen LogP contribution >= 0.6 is 0 Å². The Kier molecular flexibility index (Phi) is 2.99. The summed E-state index contributed by atoms with van der Waals surface area (Å²) in [6.07, 6.45) is 4.63. The van der Waals surface area contributed by atoms with Gasteiger partial charge in [-0.05, 0) is 32.6 Å². The zero-order chi connectivity index (χ0) is 11.9. The van der Waals surface area contributed by atoms with Crippen molar-refractivity contribution in [2.45, 2.75) is 71.1 Å². The second-order valence-electron chi connectivity index (χ2n) is 5.81. The van der Waals surface area contributed by atoms with Gasteiger partial charge in [-0.1, -0.05) is 26.7 Å². The van der Waals surface area contributed by atoms with Gasteiger partial charge < -0.3 is 4.90 Å². The van der Waals surface area contributed by atoms with Crippen LogP contribution in [0.1, 0.15) is 53.4 Å². The number of carbonyl (C=O) groups excluding carboxylic acids is 1. The number of hydrogen-bond acceptors (Lipinski definition) is 2. The van der Waals surface area contributed by atoms with Gasteiger partial charge in [0.15, 0.2) is 0 Å². The molecule has 0 aromatic carbocycles. The van der Waals surface area contributed by atoms with Crippen LogP contribution in [-0.2, 0) is 4.79 Å². The summed E-state index contributed by atoms with van der Waals surface area (Å²) in [6.45, 7) is 8.65. The van der Waals surface area contributed by atoms with Crippen LogP contribution in [0.2, 0.25) is 0 Å². The maximum atomic E-state index is 12.5. The van der Waals surface area contributed by atoms with Crippen molar-refractivity contribution in [3.05, 3.63) is 0 Å². The summed E-state index contributed by atoms with van der Waals surface area (Å²) in [7, 11) is 0. The molecule has 2 atom stereocenters. The van der Waals surface area contributed by atoms with E-state index >= 15 is 0 Å². The molecule has 1 saturated heterocycles. The van der Waals surface area contributed by atoms with Crippen LogP contribution in [0.4, 0.5) is 0 Å². The van der Waals surface area contributed by atoms with E-state index < -0.39 is 0 Å². The average Bonchev–Trinajstić information content (AvgIpc) is 2.75. The fourth-order valence-corrected chi connectivity index (χ4v) is 3.15. The molecule has 3 heteroatoms. The third kappa shape index (κ3) is 1.65. The van der Waals surface area contributed by atoms with Gasteiger partial charge in [0.25, 0.3) is 0 Å². The molecule has 0 aromatic heterocycles. The number of amides is 1. The molecule has 1 N–H and O–H groups in total. The van der Waals surface area contributed by atoms with Crippen LogP contribution in [0.25, 0.3) is 0 Å². The maximum absolute atomic E-state index is 12.5. The lowest BCUT2D eigenvalue weighted by atomic mass is 9.96. The second-order valence-corrected chi connectivity index (χ2v) is 5.81. The highest BCUT2D eigenvalue weighted by atomic mass is 16.2. The molecule has 2 unspecified atom stereocenters. The lowest BCUT2D eigenvalue weighted by Gasteiger charge is -2.31. The molecule has 0 aromatic rings. The Morgan fingerprint density at radius 3 is 2.38 bits per heavy atom. The van der Waals surface area contributed by atoms with Gasteiger partial charge in [0.2, 0.25) is 5.91 Å². The molecule has 2 rings (SSSR count). The molecule has 3 nitrogen and oxygen atoms in total. The number of rotatable bonds is 2. The van der Waals surface area contributed by atoms with Crippen LogP contribution in [0, 0.1) is 5.92 Å². The van der Waals surface area contributed by atoms with E-state index in [9.17, 15) is 4.79 Å². The molecule has 16 heavy (non-hydrogen) atoms. The molecule has 1 heterocycles. The average molecular weight is 224 g/mol. The largest absolute Gasteiger partial charge is 0.323 e. The number of nitrogens with one attached hydrogen (secondary N) is 1. The predicted octanol–water partition coefficient (Wildman–Crippen LogP) is 2.12. The van der Waals surface area contributed by atoms with Gasteiger partial charge in [-0.15, -0.1) is 0 Å².